The van der Waals surface area contributed by atoms with Gasteiger partial charge in [-0.3, -0.25) is 0 Å². The molecule has 0 amide bonds. The van der Waals surface area contributed by atoms with E-state index in [2.05, 4.69) is 52.5 Å². The van der Waals surface area contributed by atoms with E-state index in [0.29, 0.717) is 0 Å². The molecule has 0 N–H and O–H groups in total. The Labute approximate surface area is 172 Å². The molecule has 136 valence electrons. The summed E-state index contributed by atoms with van der Waals surface area (Å²) in [4.78, 5) is 5.88. The SMILES string of the molecule is CC(=CSc1ccc(F)cc1)C(=Nc1ccc(C)cc1)c1cccc(Br)c1. The summed E-state index contributed by atoms with van der Waals surface area (Å²) in [5.74, 6) is -0.226. The summed E-state index contributed by atoms with van der Waals surface area (Å²) in [6.07, 6.45) is 0. The number of allylic oxidation sites excluding steroid dienone is 1. The maximum absolute atomic E-state index is 13.1. The molecule has 0 aliphatic heterocycles. The molecule has 0 spiro atoms. The molecule has 3 aromatic carbocycles. The van der Waals surface area contributed by atoms with Gasteiger partial charge in [-0.1, -0.05) is 57.5 Å². The van der Waals surface area contributed by atoms with Crippen LogP contribution in [0.3, 0.4) is 0 Å². The Morgan fingerprint density at radius 1 is 1.00 bits per heavy atom. The second-order valence-electron chi connectivity index (χ2n) is 6.18. The maximum Gasteiger partial charge on any atom is 0.123 e. The summed E-state index contributed by atoms with van der Waals surface area (Å²) in [5, 5.41) is 2.06. The summed E-state index contributed by atoms with van der Waals surface area (Å²) >= 11 is 5.10. The fourth-order valence-electron chi connectivity index (χ4n) is 2.49. The van der Waals surface area contributed by atoms with Crippen LogP contribution in [0.4, 0.5) is 10.1 Å². The number of nitrogens with zero attached hydrogens (tertiary/aromatic N) is 1. The van der Waals surface area contributed by atoms with Gasteiger partial charge in [-0.15, -0.1) is 0 Å². The van der Waals surface area contributed by atoms with Crippen LogP contribution in [0.25, 0.3) is 0 Å². The second-order valence-corrected chi connectivity index (χ2v) is 8.04. The lowest BCUT2D eigenvalue weighted by Crippen LogP contribution is -2.02. The summed E-state index contributed by atoms with van der Waals surface area (Å²) < 4.78 is 14.1. The standard InChI is InChI=1S/C23H19BrFNS/c1-16-6-10-21(11-7-16)26-23(18-4-3-5-19(24)14-18)17(2)15-27-22-12-8-20(25)9-13-22/h3-15H,1-2H3. The van der Waals surface area contributed by atoms with E-state index in [1.165, 1.54) is 17.7 Å². The van der Waals surface area contributed by atoms with E-state index in [1.807, 2.05) is 31.2 Å². The predicted octanol–water partition coefficient (Wildman–Crippen LogP) is 7.71. The fraction of sp³-hybridized carbons (Fsp3) is 0.0870. The Balaban J connectivity index is 1.96. The lowest BCUT2D eigenvalue weighted by molar-refractivity contribution is 0.626. The summed E-state index contributed by atoms with van der Waals surface area (Å²) in [6, 6.07) is 22.8. The molecule has 0 aromatic heterocycles. The Hall–Kier alpha value is -2.17. The lowest BCUT2D eigenvalue weighted by Gasteiger charge is -2.09. The van der Waals surface area contributed by atoms with Crippen molar-refractivity contribution < 1.29 is 4.39 Å². The van der Waals surface area contributed by atoms with Gasteiger partial charge in [0.15, 0.2) is 0 Å². The van der Waals surface area contributed by atoms with Crippen molar-refractivity contribution in [3.8, 4) is 0 Å². The molecule has 0 atom stereocenters. The molecule has 27 heavy (non-hydrogen) atoms. The van der Waals surface area contributed by atoms with Crippen LogP contribution in [0.5, 0.6) is 0 Å². The van der Waals surface area contributed by atoms with Gasteiger partial charge in [0.05, 0.1) is 11.4 Å². The highest BCUT2D eigenvalue weighted by atomic mass is 79.9. The van der Waals surface area contributed by atoms with Gasteiger partial charge in [0.2, 0.25) is 0 Å². The number of thioether (sulfide) groups is 1. The van der Waals surface area contributed by atoms with Crippen LogP contribution in [0.15, 0.2) is 98.1 Å². The molecule has 0 radical (unpaired) electrons. The van der Waals surface area contributed by atoms with E-state index in [1.54, 1.807) is 23.9 Å². The number of hydrogen-bond acceptors (Lipinski definition) is 2. The van der Waals surface area contributed by atoms with Gasteiger partial charge < -0.3 is 0 Å². The summed E-state index contributed by atoms with van der Waals surface area (Å²) in [7, 11) is 0. The number of aryl methyl sites for hydroxylation is 1. The Morgan fingerprint density at radius 2 is 1.70 bits per heavy atom. The van der Waals surface area contributed by atoms with Crippen molar-refractivity contribution in [1.82, 2.24) is 0 Å². The molecule has 0 fully saturated rings. The first kappa shape index (κ1) is 19.6. The molecule has 0 aliphatic rings. The number of hydrogen-bond donors (Lipinski definition) is 0. The van der Waals surface area contributed by atoms with E-state index in [0.717, 1.165) is 31.9 Å². The van der Waals surface area contributed by atoms with E-state index < -0.39 is 0 Å². The number of halogens is 2. The summed E-state index contributed by atoms with van der Waals surface area (Å²) in [6.45, 7) is 4.11. The van der Waals surface area contributed by atoms with Crippen LogP contribution in [0.1, 0.15) is 18.1 Å². The quantitative estimate of drug-likeness (QED) is 0.292. The van der Waals surface area contributed by atoms with Crippen molar-refractivity contribution in [3.63, 3.8) is 0 Å². The first-order valence-corrected chi connectivity index (χ1v) is 10.2. The first-order valence-electron chi connectivity index (χ1n) is 8.52. The van der Waals surface area contributed by atoms with Gasteiger partial charge >= 0.3 is 0 Å². The Morgan fingerprint density at radius 3 is 2.37 bits per heavy atom. The van der Waals surface area contributed by atoms with Crippen molar-refractivity contribution in [2.75, 3.05) is 0 Å². The van der Waals surface area contributed by atoms with Crippen LogP contribution >= 0.6 is 27.7 Å². The molecule has 1 nitrogen and oxygen atoms in total. The number of benzene rings is 3. The van der Waals surface area contributed by atoms with Gasteiger partial charge in [-0.05, 0) is 73.4 Å². The first-order chi connectivity index (χ1) is 13.0. The minimum Gasteiger partial charge on any atom is -0.248 e. The minimum absolute atomic E-state index is 0.226. The van der Waals surface area contributed by atoms with E-state index in [-0.39, 0.29) is 5.82 Å². The molecule has 0 saturated carbocycles. The molecule has 0 unspecified atom stereocenters. The number of rotatable bonds is 5. The third kappa shape index (κ3) is 5.65. The highest BCUT2D eigenvalue weighted by Crippen LogP contribution is 2.25. The van der Waals surface area contributed by atoms with Crippen molar-refractivity contribution in [2.24, 2.45) is 4.99 Å². The minimum atomic E-state index is -0.226. The van der Waals surface area contributed by atoms with Gasteiger partial charge in [-0.25, -0.2) is 9.38 Å². The van der Waals surface area contributed by atoms with Gasteiger partial charge in [-0.2, -0.15) is 0 Å². The zero-order valence-corrected chi connectivity index (χ0v) is 17.5. The molecule has 0 bridgehead atoms. The zero-order chi connectivity index (χ0) is 19.2. The molecular formula is C23H19BrFNS. The van der Waals surface area contributed by atoms with E-state index in [4.69, 9.17) is 4.99 Å². The third-order valence-electron chi connectivity index (χ3n) is 3.93. The highest BCUT2D eigenvalue weighted by molar-refractivity contribution is 9.10. The Bertz CT molecular complexity index is 976. The van der Waals surface area contributed by atoms with Gasteiger partial charge in [0.25, 0.3) is 0 Å². The van der Waals surface area contributed by atoms with Crippen molar-refractivity contribution >= 4 is 39.1 Å². The van der Waals surface area contributed by atoms with E-state index >= 15 is 0 Å². The van der Waals surface area contributed by atoms with Crippen LogP contribution in [-0.2, 0) is 0 Å². The van der Waals surface area contributed by atoms with Crippen molar-refractivity contribution in [3.05, 3.63) is 105 Å². The highest BCUT2D eigenvalue weighted by Gasteiger charge is 2.08. The van der Waals surface area contributed by atoms with Crippen LogP contribution in [0, 0.1) is 12.7 Å². The van der Waals surface area contributed by atoms with Crippen LogP contribution < -0.4 is 0 Å². The van der Waals surface area contributed by atoms with Crippen LogP contribution in [-0.4, -0.2) is 5.71 Å². The Kier molecular flexibility index (Phi) is 6.64. The normalized spacial score (nSPS) is 12.3. The predicted molar refractivity (Wildman–Crippen MR) is 118 cm³/mol. The zero-order valence-electron chi connectivity index (χ0n) is 15.1. The van der Waals surface area contributed by atoms with Crippen LogP contribution in [0.2, 0.25) is 0 Å². The van der Waals surface area contributed by atoms with Gasteiger partial charge in [0.1, 0.15) is 5.82 Å². The molecule has 0 aliphatic carbocycles. The second kappa shape index (κ2) is 9.16. The molecular weight excluding hydrogens is 421 g/mol. The average Bonchev–Trinajstić information content (AvgIpc) is 2.67. The molecule has 4 heteroatoms. The smallest absolute Gasteiger partial charge is 0.123 e. The topological polar surface area (TPSA) is 12.4 Å². The monoisotopic (exact) mass is 439 g/mol. The van der Waals surface area contributed by atoms with Gasteiger partial charge in [0, 0.05) is 14.9 Å². The maximum atomic E-state index is 13.1. The van der Waals surface area contributed by atoms with E-state index in [9.17, 15) is 4.39 Å². The largest absolute Gasteiger partial charge is 0.248 e. The number of aliphatic imine (C=N–C) groups is 1. The third-order valence-corrected chi connectivity index (χ3v) is 5.44. The average molecular weight is 440 g/mol. The fourth-order valence-corrected chi connectivity index (χ4v) is 3.61. The molecule has 3 aromatic rings. The molecule has 3 rings (SSSR count). The molecule has 0 heterocycles. The van der Waals surface area contributed by atoms with Crippen molar-refractivity contribution in [2.45, 2.75) is 18.7 Å². The van der Waals surface area contributed by atoms with Crippen molar-refractivity contribution in [1.29, 1.82) is 0 Å². The molecule has 0 saturated heterocycles. The lowest BCUT2D eigenvalue weighted by atomic mass is 10.0. The summed E-state index contributed by atoms with van der Waals surface area (Å²) in [5.41, 5.74) is 5.11.